The van der Waals surface area contributed by atoms with Gasteiger partial charge < -0.3 is 10.6 Å². The summed E-state index contributed by atoms with van der Waals surface area (Å²) in [5.41, 5.74) is -1.74. The van der Waals surface area contributed by atoms with Crippen LogP contribution in [0.25, 0.3) is 0 Å². The molecule has 7 atom stereocenters. The lowest BCUT2D eigenvalue weighted by atomic mass is 9.49. The summed E-state index contributed by atoms with van der Waals surface area (Å²) >= 11 is 0. The first-order valence-electron chi connectivity index (χ1n) is 12.8. The third-order valence-electron chi connectivity index (χ3n) is 10.2. The summed E-state index contributed by atoms with van der Waals surface area (Å²) in [4.78, 5) is 25.5. The summed E-state index contributed by atoms with van der Waals surface area (Å²) in [5, 5.41) is 5.55. The van der Waals surface area contributed by atoms with Gasteiger partial charge in [-0.1, -0.05) is 50.3 Å². The minimum absolute atomic E-state index is 0.0430. The SMILES string of the molecule is CC(NC(=O)[C@H]1CCC2C3CC=C4NC(=O)CC[C@]4(C)C3CC[C@@]21C)(c1ccccc1)C(F)(F)F. The van der Waals surface area contributed by atoms with Crippen LogP contribution in [0.5, 0.6) is 0 Å². The van der Waals surface area contributed by atoms with E-state index in [1.54, 1.807) is 18.2 Å². The molecule has 2 saturated carbocycles. The molecule has 0 radical (unpaired) electrons. The Kier molecular flexibility index (Phi) is 5.65. The molecule has 1 aromatic carbocycles. The maximum atomic E-state index is 14.3. The van der Waals surface area contributed by atoms with Crippen molar-refractivity contribution in [2.45, 2.75) is 77.4 Å². The molecule has 4 aliphatic rings. The normalized spacial score (nSPS) is 38.2. The van der Waals surface area contributed by atoms with Gasteiger partial charge in [-0.2, -0.15) is 13.2 Å². The van der Waals surface area contributed by atoms with Crippen LogP contribution < -0.4 is 10.6 Å². The van der Waals surface area contributed by atoms with E-state index in [1.807, 2.05) is 0 Å². The fourth-order valence-corrected chi connectivity index (χ4v) is 8.04. The molecule has 5 rings (SSSR count). The van der Waals surface area contributed by atoms with E-state index in [1.165, 1.54) is 12.1 Å². The van der Waals surface area contributed by atoms with Crippen LogP contribution in [-0.4, -0.2) is 18.0 Å². The highest BCUT2D eigenvalue weighted by Gasteiger charge is 2.61. The average Bonchev–Trinajstić information content (AvgIpc) is 3.16. The van der Waals surface area contributed by atoms with Gasteiger partial charge in [0.2, 0.25) is 11.8 Å². The summed E-state index contributed by atoms with van der Waals surface area (Å²) in [5.74, 6) is 0.254. The Bertz CT molecular complexity index is 1050. The van der Waals surface area contributed by atoms with E-state index in [0.717, 1.165) is 44.7 Å². The van der Waals surface area contributed by atoms with Crippen molar-refractivity contribution in [1.82, 2.24) is 10.6 Å². The highest BCUT2D eigenvalue weighted by Crippen LogP contribution is 2.65. The van der Waals surface area contributed by atoms with Gasteiger partial charge in [0.15, 0.2) is 5.54 Å². The molecular formula is C28H35F3N2O2. The number of halogens is 3. The third kappa shape index (κ3) is 3.63. The smallest absolute Gasteiger partial charge is 0.338 e. The first-order chi connectivity index (χ1) is 16.4. The van der Waals surface area contributed by atoms with Gasteiger partial charge in [-0.15, -0.1) is 0 Å². The molecule has 190 valence electrons. The molecule has 1 heterocycles. The number of rotatable bonds is 3. The number of fused-ring (bicyclic) bond motifs is 5. The van der Waals surface area contributed by atoms with E-state index in [2.05, 4.69) is 30.6 Å². The zero-order valence-corrected chi connectivity index (χ0v) is 20.7. The maximum Gasteiger partial charge on any atom is 0.415 e. The first kappa shape index (κ1) is 24.4. The van der Waals surface area contributed by atoms with Gasteiger partial charge in [0.25, 0.3) is 0 Å². The molecule has 3 aliphatic carbocycles. The van der Waals surface area contributed by atoms with E-state index in [-0.39, 0.29) is 28.2 Å². The van der Waals surface area contributed by atoms with Crippen molar-refractivity contribution in [3.05, 3.63) is 47.7 Å². The van der Waals surface area contributed by atoms with Crippen LogP contribution in [-0.2, 0) is 15.1 Å². The molecule has 1 aliphatic heterocycles. The maximum absolute atomic E-state index is 14.3. The third-order valence-corrected chi connectivity index (χ3v) is 10.2. The summed E-state index contributed by atoms with van der Waals surface area (Å²) in [6.45, 7) is 5.45. The summed E-state index contributed by atoms with van der Waals surface area (Å²) < 4.78 is 42.8. The zero-order chi connectivity index (χ0) is 25.2. The number of alkyl halides is 3. The highest BCUT2D eigenvalue weighted by molar-refractivity contribution is 5.81. The zero-order valence-electron chi connectivity index (χ0n) is 20.7. The second-order valence-electron chi connectivity index (χ2n) is 11.8. The molecule has 0 aromatic heterocycles. The lowest BCUT2D eigenvalue weighted by Gasteiger charge is -2.57. The number of allylic oxidation sites excluding steroid dienone is 2. The van der Waals surface area contributed by atoms with Gasteiger partial charge in [0, 0.05) is 23.5 Å². The molecule has 1 saturated heterocycles. The topological polar surface area (TPSA) is 58.2 Å². The first-order valence-corrected chi connectivity index (χ1v) is 12.8. The largest absolute Gasteiger partial charge is 0.415 e. The number of carbonyl (C=O) groups excluding carboxylic acids is 2. The van der Waals surface area contributed by atoms with Crippen molar-refractivity contribution >= 4 is 11.8 Å². The van der Waals surface area contributed by atoms with Crippen LogP contribution in [0.15, 0.2) is 42.1 Å². The molecule has 35 heavy (non-hydrogen) atoms. The van der Waals surface area contributed by atoms with Crippen LogP contribution in [0.4, 0.5) is 13.2 Å². The van der Waals surface area contributed by atoms with Gasteiger partial charge in [-0.25, -0.2) is 0 Å². The number of carbonyl (C=O) groups is 2. The molecule has 3 fully saturated rings. The number of hydrogen-bond acceptors (Lipinski definition) is 2. The van der Waals surface area contributed by atoms with E-state index in [9.17, 15) is 22.8 Å². The summed E-state index contributed by atoms with van der Waals surface area (Å²) in [7, 11) is 0. The predicted molar refractivity (Wildman–Crippen MR) is 127 cm³/mol. The van der Waals surface area contributed by atoms with Gasteiger partial charge in [0.05, 0.1) is 0 Å². The van der Waals surface area contributed by atoms with Crippen LogP contribution in [0.1, 0.15) is 71.3 Å². The Hall–Kier alpha value is -2.31. The number of benzene rings is 1. The molecule has 1 aromatic rings. The molecule has 4 nitrogen and oxygen atoms in total. The minimum Gasteiger partial charge on any atom is -0.338 e. The lowest BCUT2D eigenvalue weighted by molar-refractivity contribution is -0.199. The number of amides is 2. The molecule has 0 bridgehead atoms. The Balaban J connectivity index is 1.40. The fraction of sp³-hybridized carbons (Fsp3) is 0.643. The van der Waals surface area contributed by atoms with Crippen molar-refractivity contribution in [1.29, 1.82) is 0 Å². The number of hydrogen-bond donors (Lipinski definition) is 2. The highest BCUT2D eigenvalue weighted by atomic mass is 19.4. The van der Waals surface area contributed by atoms with E-state index >= 15 is 0 Å². The van der Waals surface area contributed by atoms with Gasteiger partial charge in [0.1, 0.15) is 0 Å². The van der Waals surface area contributed by atoms with Crippen molar-refractivity contribution in [2.24, 2.45) is 34.5 Å². The van der Waals surface area contributed by atoms with Crippen LogP contribution in [0, 0.1) is 34.5 Å². The van der Waals surface area contributed by atoms with E-state index < -0.39 is 23.5 Å². The van der Waals surface area contributed by atoms with Gasteiger partial charge >= 0.3 is 6.18 Å². The standard InChI is InChI=1S/C28H35F3N2O2/c1-25-15-13-20-18(9-12-22-26(20,2)16-14-23(34)32-22)19(25)10-11-21(25)24(35)33-27(3,28(29,30)31)17-7-5-4-6-8-17/h4-8,12,18-21H,9-11,13-16H2,1-3H3,(H,32,34)(H,33,35)/t18?,19?,20?,21-,25+,26-,27?/m1/s1. The summed E-state index contributed by atoms with van der Waals surface area (Å²) in [6.07, 6.45) is 2.99. The van der Waals surface area contributed by atoms with Crippen molar-refractivity contribution in [3.8, 4) is 0 Å². The lowest BCUT2D eigenvalue weighted by Crippen LogP contribution is -2.58. The quantitative estimate of drug-likeness (QED) is 0.561. The Labute approximate surface area is 205 Å². The Morgan fingerprint density at radius 2 is 1.77 bits per heavy atom. The fourth-order valence-electron chi connectivity index (χ4n) is 8.04. The van der Waals surface area contributed by atoms with Crippen molar-refractivity contribution < 1.29 is 22.8 Å². The van der Waals surface area contributed by atoms with Crippen LogP contribution in [0.3, 0.4) is 0 Å². The molecule has 4 unspecified atom stereocenters. The van der Waals surface area contributed by atoms with E-state index in [4.69, 9.17) is 0 Å². The molecule has 7 heteroatoms. The Morgan fingerprint density at radius 3 is 2.46 bits per heavy atom. The van der Waals surface area contributed by atoms with Crippen LogP contribution in [0.2, 0.25) is 0 Å². The second kappa shape index (κ2) is 8.10. The van der Waals surface area contributed by atoms with Crippen molar-refractivity contribution in [3.63, 3.8) is 0 Å². The molecule has 0 spiro atoms. The Morgan fingerprint density at radius 1 is 1.06 bits per heavy atom. The molecule has 2 amide bonds. The minimum atomic E-state index is -4.62. The predicted octanol–water partition coefficient (Wildman–Crippen LogP) is 5.84. The molecule has 2 N–H and O–H groups in total. The van der Waals surface area contributed by atoms with Gasteiger partial charge in [-0.3, -0.25) is 9.59 Å². The number of piperidine rings is 1. The van der Waals surface area contributed by atoms with Gasteiger partial charge in [-0.05, 0) is 74.2 Å². The monoisotopic (exact) mass is 488 g/mol. The van der Waals surface area contributed by atoms with E-state index in [0.29, 0.717) is 24.7 Å². The molecular weight excluding hydrogens is 453 g/mol. The second-order valence-corrected chi connectivity index (χ2v) is 11.8. The number of nitrogens with one attached hydrogen (secondary N) is 2. The van der Waals surface area contributed by atoms with Crippen LogP contribution >= 0.6 is 0 Å². The summed E-state index contributed by atoms with van der Waals surface area (Å²) in [6, 6.07) is 7.66. The average molecular weight is 489 g/mol. The van der Waals surface area contributed by atoms with Crippen molar-refractivity contribution in [2.75, 3.05) is 0 Å².